The highest BCUT2D eigenvalue weighted by molar-refractivity contribution is 9.11. The van der Waals surface area contributed by atoms with Crippen molar-refractivity contribution in [2.75, 3.05) is 13.2 Å². The van der Waals surface area contributed by atoms with Crippen LogP contribution in [-0.2, 0) is 4.79 Å². The number of hydrogen-bond donors (Lipinski definition) is 1. The van der Waals surface area contributed by atoms with Crippen LogP contribution in [0.3, 0.4) is 0 Å². The van der Waals surface area contributed by atoms with Gasteiger partial charge in [0.05, 0.1) is 8.95 Å². The molecule has 0 radical (unpaired) electrons. The van der Waals surface area contributed by atoms with Crippen LogP contribution in [0.15, 0.2) is 25.6 Å². The molecule has 1 rings (SSSR count). The van der Waals surface area contributed by atoms with Crippen LogP contribution in [0.5, 0.6) is 5.75 Å². The van der Waals surface area contributed by atoms with Gasteiger partial charge in [-0.15, -0.1) is 0 Å². The van der Waals surface area contributed by atoms with Crippen molar-refractivity contribution in [3.63, 3.8) is 0 Å². The van der Waals surface area contributed by atoms with Gasteiger partial charge in [0, 0.05) is 11.0 Å². The molecule has 1 N–H and O–H groups in total. The van der Waals surface area contributed by atoms with Gasteiger partial charge < -0.3 is 10.1 Å². The highest BCUT2D eigenvalue weighted by atomic mass is 79.9. The Bertz CT molecular complexity index is 401. The summed E-state index contributed by atoms with van der Waals surface area (Å²) in [5, 5.41) is 2.80. The predicted octanol–water partition coefficient (Wildman–Crippen LogP) is 4.27. The molecule has 1 aromatic rings. The molecule has 0 spiro atoms. The van der Waals surface area contributed by atoms with Gasteiger partial charge in [-0.25, -0.2) is 0 Å². The number of amides is 1. The van der Waals surface area contributed by atoms with Crippen LogP contribution in [0.4, 0.5) is 0 Å². The van der Waals surface area contributed by atoms with E-state index in [0.29, 0.717) is 12.3 Å². The van der Waals surface area contributed by atoms with Gasteiger partial charge in [0.1, 0.15) is 5.75 Å². The van der Waals surface area contributed by atoms with E-state index in [1.165, 1.54) is 0 Å². The third-order valence-electron chi connectivity index (χ3n) is 2.16. The van der Waals surface area contributed by atoms with Crippen molar-refractivity contribution in [3.8, 4) is 5.75 Å². The summed E-state index contributed by atoms with van der Waals surface area (Å²) in [4.78, 5) is 11.5. The Kier molecular flexibility index (Phi) is 7.26. The van der Waals surface area contributed by atoms with E-state index in [-0.39, 0.29) is 12.5 Å². The number of unbranched alkanes of at least 4 members (excludes halogenated alkanes) is 1. The van der Waals surface area contributed by atoms with Crippen molar-refractivity contribution in [1.29, 1.82) is 0 Å². The van der Waals surface area contributed by atoms with Gasteiger partial charge in [0.25, 0.3) is 5.91 Å². The van der Waals surface area contributed by atoms with Crippen LogP contribution in [-0.4, -0.2) is 19.1 Å². The Hall–Kier alpha value is -0.0700. The fraction of sp³-hybridized carbons (Fsp3) is 0.417. The molecule has 0 aliphatic heterocycles. The number of ether oxygens (including phenoxy) is 1. The first-order chi connectivity index (χ1) is 8.54. The fourth-order valence-corrected chi connectivity index (χ4v) is 3.75. The number of benzene rings is 1. The van der Waals surface area contributed by atoms with E-state index in [4.69, 9.17) is 4.74 Å². The van der Waals surface area contributed by atoms with E-state index < -0.39 is 0 Å². The zero-order valence-corrected chi connectivity index (χ0v) is 14.7. The first-order valence-corrected chi connectivity index (χ1v) is 7.96. The van der Waals surface area contributed by atoms with Crippen LogP contribution in [0, 0.1) is 0 Å². The Balaban J connectivity index is 2.51. The van der Waals surface area contributed by atoms with Crippen molar-refractivity contribution in [3.05, 3.63) is 25.6 Å². The maximum atomic E-state index is 11.5. The summed E-state index contributed by atoms with van der Waals surface area (Å²) in [6, 6.07) is 3.74. The molecule has 0 atom stereocenters. The van der Waals surface area contributed by atoms with E-state index in [0.717, 1.165) is 26.3 Å². The second-order valence-corrected chi connectivity index (χ2v) is 6.32. The summed E-state index contributed by atoms with van der Waals surface area (Å²) in [5.74, 6) is 0.522. The predicted molar refractivity (Wildman–Crippen MR) is 83.0 cm³/mol. The number of rotatable bonds is 6. The molecule has 0 heterocycles. The smallest absolute Gasteiger partial charge is 0.257 e. The Labute approximate surface area is 132 Å². The monoisotopic (exact) mass is 441 g/mol. The second kappa shape index (κ2) is 8.17. The average molecular weight is 444 g/mol. The van der Waals surface area contributed by atoms with Crippen molar-refractivity contribution < 1.29 is 9.53 Å². The van der Waals surface area contributed by atoms with Crippen molar-refractivity contribution in [2.24, 2.45) is 0 Å². The van der Waals surface area contributed by atoms with Gasteiger partial charge in [-0.2, -0.15) is 0 Å². The molecule has 0 bridgehead atoms. The standard InChI is InChI=1S/C12H14Br3NO2/c1-2-3-4-16-11(17)7-18-12-9(14)5-8(13)6-10(12)15/h5-6H,2-4,7H2,1H3,(H,16,17). The quantitative estimate of drug-likeness (QED) is 0.667. The lowest BCUT2D eigenvalue weighted by Crippen LogP contribution is -2.29. The molecule has 0 saturated heterocycles. The van der Waals surface area contributed by atoms with Crippen molar-refractivity contribution in [1.82, 2.24) is 5.32 Å². The Morgan fingerprint density at radius 1 is 1.28 bits per heavy atom. The van der Waals surface area contributed by atoms with Crippen molar-refractivity contribution in [2.45, 2.75) is 19.8 Å². The third-order valence-corrected chi connectivity index (χ3v) is 3.80. The summed E-state index contributed by atoms with van der Waals surface area (Å²) in [6.07, 6.45) is 2.04. The zero-order chi connectivity index (χ0) is 13.5. The maximum absolute atomic E-state index is 11.5. The topological polar surface area (TPSA) is 38.3 Å². The number of carbonyl (C=O) groups excluding carboxylic acids is 1. The molecule has 100 valence electrons. The molecule has 3 nitrogen and oxygen atoms in total. The lowest BCUT2D eigenvalue weighted by atomic mass is 10.3. The summed E-state index contributed by atoms with van der Waals surface area (Å²) >= 11 is 10.2. The molecular weight excluding hydrogens is 430 g/mol. The minimum absolute atomic E-state index is 0.0164. The van der Waals surface area contributed by atoms with E-state index in [1.54, 1.807) is 0 Å². The minimum Gasteiger partial charge on any atom is -0.481 e. The number of carbonyl (C=O) groups is 1. The molecule has 6 heteroatoms. The summed E-state index contributed by atoms with van der Waals surface area (Å²) in [7, 11) is 0. The lowest BCUT2D eigenvalue weighted by molar-refractivity contribution is -0.123. The van der Waals surface area contributed by atoms with E-state index in [2.05, 4.69) is 60.0 Å². The number of nitrogens with one attached hydrogen (secondary N) is 1. The van der Waals surface area contributed by atoms with Crippen LogP contribution < -0.4 is 10.1 Å². The Morgan fingerprint density at radius 2 is 1.89 bits per heavy atom. The fourth-order valence-electron chi connectivity index (χ4n) is 1.26. The molecule has 18 heavy (non-hydrogen) atoms. The number of halogens is 3. The molecule has 0 saturated carbocycles. The van der Waals surface area contributed by atoms with Gasteiger partial charge in [0.15, 0.2) is 6.61 Å². The summed E-state index contributed by atoms with van der Waals surface area (Å²) in [6.45, 7) is 2.79. The zero-order valence-electron chi connectivity index (χ0n) is 9.93. The highest BCUT2D eigenvalue weighted by Gasteiger charge is 2.10. The van der Waals surface area contributed by atoms with Crippen LogP contribution in [0.25, 0.3) is 0 Å². The Morgan fingerprint density at radius 3 is 2.44 bits per heavy atom. The van der Waals surface area contributed by atoms with Crippen LogP contribution in [0.1, 0.15) is 19.8 Å². The van der Waals surface area contributed by atoms with Crippen LogP contribution in [0.2, 0.25) is 0 Å². The minimum atomic E-state index is -0.106. The maximum Gasteiger partial charge on any atom is 0.257 e. The van der Waals surface area contributed by atoms with E-state index in [9.17, 15) is 4.79 Å². The summed E-state index contributed by atoms with van der Waals surface area (Å²) in [5.41, 5.74) is 0. The molecule has 0 unspecified atom stereocenters. The molecule has 0 aromatic heterocycles. The second-order valence-electron chi connectivity index (χ2n) is 3.69. The number of hydrogen-bond acceptors (Lipinski definition) is 2. The van der Waals surface area contributed by atoms with Gasteiger partial charge in [-0.3, -0.25) is 4.79 Å². The molecule has 1 amide bonds. The van der Waals surface area contributed by atoms with Crippen molar-refractivity contribution >= 4 is 53.7 Å². The molecule has 0 aliphatic carbocycles. The first kappa shape index (κ1) is 16.0. The molecule has 1 aromatic carbocycles. The average Bonchev–Trinajstić information content (AvgIpc) is 2.27. The van der Waals surface area contributed by atoms with Gasteiger partial charge in [-0.05, 0) is 50.4 Å². The van der Waals surface area contributed by atoms with Gasteiger partial charge in [-0.1, -0.05) is 29.3 Å². The summed E-state index contributed by atoms with van der Waals surface area (Å²) < 4.78 is 8.01. The molecule has 0 fully saturated rings. The first-order valence-electron chi connectivity index (χ1n) is 5.58. The SMILES string of the molecule is CCCCNC(=O)COc1c(Br)cc(Br)cc1Br. The largest absolute Gasteiger partial charge is 0.481 e. The molecule has 0 aliphatic rings. The van der Waals surface area contributed by atoms with E-state index >= 15 is 0 Å². The van der Waals surface area contributed by atoms with Crippen LogP contribution >= 0.6 is 47.8 Å². The van der Waals surface area contributed by atoms with Gasteiger partial charge in [0.2, 0.25) is 0 Å². The normalized spacial score (nSPS) is 10.2. The lowest BCUT2D eigenvalue weighted by Gasteiger charge is -2.11. The third kappa shape index (κ3) is 5.28. The highest BCUT2D eigenvalue weighted by Crippen LogP contribution is 2.36. The van der Waals surface area contributed by atoms with Gasteiger partial charge >= 0.3 is 0 Å². The van der Waals surface area contributed by atoms with E-state index in [1.807, 2.05) is 12.1 Å². The molecular formula is C12H14Br3NO2.